The zero-order valence-electron chi connectivity index (χ0n) is 33.0. The summed E-state index contributed by atoms with van der Waals surface area (Å²) < 4.78 is 2.40. The molecular weight excluding hydrogens is 725 g/mol. The lowest BCUT2D eigenvalue weighted by molar-refractivity contribution is 1.18. The van der Waals surface area contributed by atoms with E-state index in [-0.39, 0.29) is 0 Å². The van der Waals surface area contributed by atoms with Crippen LogP contribution in [0.2, 0.25) is 0 Å². The number of benzene rings is 10. The van der Waals surface area contributed by atoms with E-state index in [0.29, 0.717) is 0 Å². The first-order chi connectivity index (χ1) is 29.8. The first-order valence-electron chi connectivity index (χ1n) is 20.6. The largest absolute Gasteiger partial charge is 0.311 e. The molecule has 1 heterocycles. The van der Waals surface area contributed by atoms with Crippen LogP contribution in [0.4, 0.5) is 17.1 Å². The van der Waals surface area contributed by atoms with Crippen LogP contribution in [0.25, 0.3) is 82.8 Å². The number of rotatable bonds is 8. The van der Waals surface area contributed by atoms with Crippen molar-refractivity contribution in [3.63, 3.8) is 0 Å². The molecule has 0 aliphatic heterocycles. The zero-order chi connectivity index (χ0) is 39.8. The van der Waals surface area contributed by atoms with E-state index in [9.17, 15) is 0 Å². The molecule has 0 spiro atoms. The molecule has 0 N–H and O–H groups in total. The van der Waals surface area contributed by atoms with Gasteiger partial charge in [0, 0.05) is 33.5 Å². The van der Waals surface area contributed by atoms with Crippen molar-refractivity contribution in [2.24, 2.45) is 0 Å². The Bertz CT molecular complexity index is 3260. The molecule has 0 radical (unpaired) electrons. The van der Waals surface area contributed by atoms with E-state index >= 15 is 0 Å². The average Bonchev–Trinajstić information content (AvgIpc) is 3.66. The third-order valence-corrected chi connectivity index (χ3v) is 11.8. The summed E-state index contributed by atoms with van der Waals surface area (Å²) in [5.41, 5.74) is 16.6. The second kappa shape index (κ2) is 15.1. The van der Waals surface area contributed by atoms with Gasteiger partial charge in [0.05, 0.1) is 11.0 Å². The van der Waals surface area contributed by atoms with Crippen LogP contribution in [0.1, 0.15) is 0 Å². The van der Waals surface area contributed by atoms with Gasteiger partial charge in [-0.15, -0.1) is 0 Å². The van der Waals surface area contributed by atoms with Crippen LogP contribution < -0.4 is 4.90 Å². The van der Waals surface area contributed by atoms with Crippen molar-refractivity contribution < 1.29 is 0 Å². The average molecular weight is 765 g/mol. The summed E-state index contributed by atoms with van der Waals surface area (Å²) in [6.45, 7) is 0. The van der Waals surface area contributed by atoms with Crippen LogP contribution in [0, 0.1) is 0 Å². The summed E-state index contributed by atoms with van der Waals surface area (Å²) in [6, 6.07) is 87.7. The monoisotopic (exact) mass is 764 g/mol. The number of nitrogens with zero attached hydrogens (tertiary/aromatic N) is 2. The molecule has 0 aliphatic carbocycles. The standard InChI is InChI=1S/C58H40N2/c1-4-14-41(15-5-1)43-24-31-48(32-25-43)59(47-18-8-3-9-19-47)49-35-28-45(29-36-49)51-37-38-52(54-21-11-10-20-53(51)54)46-30-39-58-56(40-46)55-22-12-13-23-57(55)60(58)50-33-26-44(27-34-50)42-16-6-2-7-17-42/h1-40H. The van der Waals surface area contributed by atoms with Crippen LogP contribution in [0.5, 0.6) is 0 Å². The molecule has 0 unspecified atom stereocenters. The SMILES string of the molecule is c1ccc(-c2ccc(N(c3ccccc3)c3ccc(-c4ccc(-c5ccc6c(c5)c5ccccc5n6-c5ccc(-c6ccccc6)cc5)c5ccccc45)cc3)cc2)cc1. The Morgan fingerprint density at radius 2 is 0.650 bits per heavy atom. The number of hydrogen-bond donors (Lipinski definition) is 0. The van der Waals surface area contributed by atoms with E-state index in [1.165, 1.54) is 77.1 Å². The van der Waals surface area contributed by atoms with Gasteiger partial charge in [-0.25, -0.2) is 0 Å². The van der Waals surface area contributed by atoms with Gasteiger partial charge in [0.2, 0.25) is 0 Å². The van der Waals surface area contributed by atoms with Crippen LogP contribution >= 0.6 is 0 Å². The maximum absolute atomic E-state index is 2.40. The molecule has 2 nitrogen and oxygen atoms in total. The second-order valence-corrected chi connectivity index (χ2v) is 15.3. The molecule has 0 saturated heterocycles. The van der Waals surface area contributed by atoms with Gasteiger partial charge in [-0.3, -0.25) is 0 Å². The predicted molar refractivity (Wildman–Crippen MR) is 255 cm³/mol. The molecule has 0 bridgehead atoms. The van der Waals surface area contributed by atoms with Gasteiger partial charge < -0.3 is 9.47 Å². The maximum Gasteiger partial charge on any atom is 0.0541 e. The predicted octanol–water partition coefficient (Wildman–Crippen LogP) is 16.1. The Morgan fingerprint density at radius 1 is 0.250 bits per heavy atom. The first-order valence-corrected chi connectivity index (χ1v) is 20.6. The van der Waals surface area contributed by atoms with Gasteiger partial charge >= 0.3 is 0 Å². The summed E-state index contributed by atoms with van der Waals surface area (Å²) >= 11 is 0. The molecule has 11 rings (SSSR count). The van der Waals surface area contributed by atoms with Crippen LogP contribution in [0.3, 0.4) is 0 Å². The topological polar surface area (TPSA) is 8.17 Å². The van der Waals surface area contributed by atoms with Crippen molar-refractivity contribution in [3.8, 4) is 50.2 Å². The van der Waals surface area contributed by atoms with Crippen molar-refractivity contribution in [2.45, 2.75) is 0 Å². The summed E-state index contributed by atoms with van der Waals surface area (Å²) in [6.07, 6.45) is 0. The lowest BCUT2D eigenvalue weighted by atomic mass is 9.91. The van der Waals surface area contributed by atoms with Crippen molar-refractivity contribution in [3.05, 3.63) is 243 Å². The normalized spacial score (nSPS) is 11.3. The lowest BCUT2D eigenvalue weighted by Gasteiger charge is -2.26. The smallest absolute Gasteiger partial charge is 0.0541 e. The van der Waals surface area contributed by atoms with Gasteiger partial charge in [0.25, 0.3) is 0 Å². The minimum absolute atomic E-state index is 1.11. The van der Waals surface area contributed by atoms with Crippen molar-refractivity contribution >= 4 is 49.6 Å². The molecule has 0 saturated carbocycles. The molecule has 282 valence electrons. The van der Waals surface area contributed by atoms with Crippen LogP contribution in [0.15, 0.2) is 243 Å². The molecule has 0 aliphatic rings. The molecule has 11 aromatic rings. The Morgan fingerprint density at radius 3 is 1.23 bits per heavy atom. The highest BCUT2D eigenvalue weighted by Crippen LogP contribution is 2.41. The highest BCUT2D eigenvalue weighted by molar-refractivity contribution is 6.12. The summed E-state index contributed by atoms with van der Waals surface area (Å²) in [4.78, 5) is 2.33. The van der Waals surface area contributed by atoms with Crippen molar-refractivity contribution in [2.75, 3.05) is 4.90 Å². The Hall–Kier alpha value is -7.94. The molecule has 2 heteroatoms. The number of anilines is 3. The fraction of sp³-hybridized carbons (Fsp3) is 0. The zero-order valence-corrected chi connectivity index (χ0v) is 33.0. The van der Waals surface area contributed by atoms with Crippen LogP contribution in [-0.2, 0) is 0 Å². The van der Waals surface area contributed by atoms with Crippen molar-refractivity contribution in [1.82, 2.24) is 4.57 Å². The highest BCUT2D eigenvalue weighted by atomic mass is 15.1. The fourth-order valence-corrected chi connectivity index (χ4v) is 8.90. The second-order valence-electron chi connectivity index (χ2n) is 15.3. The summed E-state index contributed by atoms with van der Waals surface area (Å²) in [5, 5.41) is 4.97. The van der Waals surface area contributed by atoms with Crippen molar-refractivity contribution in [1.29, 1.82) is 0 Å². The number of para-hydroxylation sites is 2. The van der Waals surface area contributed by atoms with Gasteiger partial charge in [0.1, 0.15) is 0 Å². The highest BCUT2D eigenvalue weighted by Gasteiger charge is 2.17. The Kier molecular flexibility index (Phi) is 8.87. The Balaban J connectivity index is 0.952. The molecule has 0 fully saturated rings. The van der Waals surface area contributed by atoms with E-state index in [4.69, 9.17) is 0 Å². The summed E-state index contributed by atoms with van der Waals surface area (Å²) in [7, 11) is 0. The van der Waals surface area contributed by atoms with Crippen LogP contribution in [-0.4, -0.2) is 4.57 Å². The number of fused-ring (bicyclic) bond motifs is 4. The first kappa shape index (κ1) is 35.2. The molecule has 0 atom stereocenters. The minimum atomic E-state index is 1.11. The molecule has 1 aromatic heterocycles. The minimum Gasteiger partial charge on any atom is -0.311 e. The van der Waals surface area contributed by atoms with E-state index in [0.717, 1.165) is 22.7 Å². The lowest BCUT2D eigenvalue weighted by Crippen LogP contribution is -2.09. The molecule has 10 aromatic carbocycles. The van der Waals surface area contributed by atoms with Gasteiger partial charge in [0.15, 0.2) is 0 Å². The van der Waals surface area contributed by atoms with E-state index < -0.39 is 0 Å². The third kappa shape index (κ3) is 6.32. The van der Waals surface area contributed by atoms with E-state index in [1.807, 2.05) is 0 Å². The summed E-state index contributed by atoms with van der Waals surface area (Å²) in [5.74, 6) is 0. The Labute approximate surface area is 350 Å². The number of hydrogen-bond acceptors (Lipinski definition) is 1. The maximum atomic E-state index is 2.40. The number of aromatic nitrogens is 1. The fourth-order valence-electron chi connectivity index (χ4n) is 8.90. The quantitative estimate of drug-likeness (QED) is 0.150. The van der Waals surface area contributed by atoms with Gasteiger partial charge in [-0.2, -0.15) is 0 Å². The van der Waals surface area contributed by atoms with E-state index in [2.05, 4.69) is 252 Å². The molecular formula is C58H40N2. The molecule has 60 heavy (non-hydrogen) atoms. The molecule has 0 amide bonds. The van der Waals surface area contributed by atoms with Gasteiger partial charge in [-0.1, -0.05) is 176 Å². The third-order valence-electron chi connectivity index (χ3n) is 11.8. The van der Waals surface area contributed by atoms with Gasteiger partial charge in [-0.05, 0) is 122 Å². The van der Waals surface area contributed by atoms with E-state index in [1.54, 1.807) is 0 Å².